The number of aliphatic imine (C=N–C) groups is 1. The Balaban J connectivity index is 1.50. The zero-order chi connectivity index (χ0) is 26.5. The lowest BCUT2D eigenvalue weighted by Crippen LogP contribution is -2.28. The lowest BCUT2D eigenvalue weighted by molar-refractivity contribution is -0.113. The molecule has 5 nitrogen and oxygen atoms in total. The summed E-state index contributed by atoms with van der Waals surface area (Å²) in [6, 6.07) is 24.7. The molecule has 0 N–H and O–H groups in total. The van der Waals surface area contributed by atoms with Crippen LogP contribution in [0.5, 0.6) is 0 Å². The molecule has 0 spiro atoms. The first kappa shape index (κ1) is 26.0. The van der Waals surface area contributed by atoms with Crippen LogP contribution < -0.4 is 4.90 Å². The number of rotatable bonds is 9. The quantitative estimate of drug-likeness (QED) is 0.209. The fourth-order valence-electron chi connectivity index (χ4n) is 4.61. The summed E-state index contributed by atoms with van der Waals surface area (Å²) in [5.41, 5.74) is 6.21. The fraction of sp³-hybridized carbons (Fsp3) is 0.281. The summed E-state index contributed by atoms with van der Waals surface area (Å²) in [5.74, 6) is 0.667. The van der Waals surface area contributed by atoms with Gasteiger partial charge in [-0.3, -0.25) is 9.69 Å². The molecule has 5 rings (SSSR count). The Labute approximate surface area is 229 Å². The van der Waals surface area contributed by atoms with Crippen molar-refractivity contribution in [2.45, 2.75) is 52.4 Å². The van der Waals surface area contributed by atoms with Crippen molar-refractivity contribution < 1.29 is 4.79 Å². The van der Waals surface area contributed by atoms with Crippen LogP contribution in [0.15, 0.2) is 82.7 Å². The van der Waals surface area contributed by atoms with Crippen LogP contribution in [0.1, 0.15) is 56.5 Å². The number of para-hydroxylation sites is 2. The number of anilines is 1. The maximum atomic E-state index is 13.8. The van der Waals surface area contributed by atoms with Crippen LogP contribution in [-0.2, 0) is 24.7 Å². The van der Waals surface area contributed by atoms with Crippen molar-refractivity contribution in [2.24, 2.45) is 12.0 Å². The minimum atomic E-state index is -0.0818. The number of thioether (sulfide) groups is 1. The number of aryl methyl sites for hydroxylation is 3. The van der Waals surface area contributed by atoms with Gasteiger partial charge in [-0.05, 0) is 85.0 Å². The molecule has 2 heterocycles. The Bertz CT molecular complexity index is 1480. The molecular formula is C32H34N4OS. The topological polar surface area (TPSA) is 50.5 Å². The Morgan fingerprint density at radius 2 is 1.50 bits per heavy atom. The number of amidine groups is 1. The van der Waals surface area contributed by atoms with Gasteiger partial charge in [0.25, 0.3) is 5.91 Å². The molecule has 38 heavy (non-hydrogen) atoms. The second-order valence-electron chi connectivity index (χ2n) is 9.70. The molecule has 1 amide bonds. The van der Waals surface area contributed by atoms with E-state index in [2.05, 4.69) is 38.1 Å². The van der Waals surface area contributed by atoms with E-state index < -0.39 is 0 Å². The van der Waals surface area contributed by atoms with E-state index in [9.17, 15) is 4.79 Å². The number of nitrogens with zero attached hydrogens (tertiary/aromatic N) is 4. The number of hydrogen-bond donors (Lipinski definition) is 0. The summed E-state index contributed by atoms with van der Waals surface area (Å²) < 4.78 is 2.02. The lowest BCUT2D eigenvalue weighted by Gasteiger charge is -2.16. The van der Waals surface area contributed by atoms with E-state index in [0.29, 0.717) is 10.1 Å². The number of benzene rings is 3. The molecular weight excluding hydrogens is 488 g/mol. The van der Waals surface area contributed by atoms with Gasteiger partial charge in [-0.1, -0.05) is 63.1 Å². The first-order valence-corrected chi connectivity index (χ1v) is 14.3. The van der Waals surface area contributed by atoms with Crippen LogP contribution in [0.25, 0.3) is 17.1 Å². The molecule has 1 saturated heterocycles. The largest absolute Gasteiger partial charge is 0.328 e. The van der Waals surface area contributed by atoms with Gasteiger partial charge in [-0.2, -0.15) is 0 Å². The van der Waals surface area contributed by atoms with E-state index in [1.54, 1.807) is 4.90 Å². The predicted molar refractivity (Wildman–Crippen MR) is 161 cm³/mol. The molecule has 1 aliphatic heterocycles. The number of aromatic nitrogens is 2. The number of hydrogen-bond acceptors (Lipinski definition) is 4. The summed E-state index contributed by atoms with van der Waals surface area (Å²) in [7, 11) is 1.98. The molecule has 0 bridgehead atoms. The van der Waals surface area contributed by atoms with Gasteiger partial charge in [0.15, 0.2) is 5.17 Å². The molecule has 0 unspecified atom stereocenters. The van der Waals surface area contributed by atoms with Crippen molar-refractivity contribution in [3.63, 3.8) is 0 Å². The summed E-state index contributed by atoms with van der Waals surface area (Å²) >= 11 is 1.40. The van der Waals surface area contributed by atoms with E-state index in [4.69, 9.17) is 9.98 Å². The van der Waals surface area contributed by atoms with Crippen LogP contribution in [0.2, 0.25) is 0 Å². The number of carbonyl (C=O) groups is 1. The molecule has 0 saturated carbocycles. The second-order valence-corrected chi connectivity index (χ2v) is 10.7. The van der Waals surface area contributed by atoms with E-state index in [-0.39, 0.29) is 5.91 Å². The van der Waals surface area contributed by atoms with E-state index in [1.165, 1.54) is 35.7 Å². The van der Waals surface area contributed by atoms with Gasteiger partial charge in [0.1, 0.15) is 5.82 Å². The van der Waals surface area contributed by atoms with Gasteiger partial charge in [0.05, 0.1) is 27.3 Å². The molecule has 6 heteroatoms. The van der Waals surface area contributed by atoms with E-state index in [1.807, 2.05) is 66.2 Å². The number of amides is 1. The van der Waals surface area contributed by atoms with Crippen molar-refractivity contribution in [2.75, 3.05) is 4.90 Å². The zero-order valence-electron chi connectivity index (χ0n) is 22.4. The normalized spacial score (nSPS) is 15.9. The Hall–Kier alpha value is -3.64. The summed E-state index contributed by atoms with van der Waals surface area (Å²) in [4.78, 5) is 25.8. The highest BCUT2D eigenvalue weighted by Crippen LogP contribution is 2.37. The summed E-state index contributed by atoms with van der Waals surface area (Å²) in [5, 5.41) is 0.655. The standard InChI is InChI=1S/C32H34N4OS/c1-4-6-10-23-14-18-25(19-15-23)33-32-36(26-20-16-24(17-21-26)11-7-5-2)31(37)29(38-32)22-30-34-27-12-8-9-13-28(27)35(30)3/h8-9,12-22H,4-7,10-11H2,1-3H3. The number of fused-ring (bicyclic) bond motifs is 1. The third-order valence-corrected chi connectivity index (χ3v) is 7.85. The molecule has 194 valence electrons. The summed E-state index contributed by atoms with van der Waals surface area (Å²) in [6.45, 7) is 4.41. The number of imidazole rings is 1. The third kappa shape index (κ3) is 5.60. The second kappa shape index (κ2) is 11.8. The van der Waals surface area contributed by atoms with Crippen molar-refractivity contribution in [3.8, 4) is 0 Å². The highest BCUT2D eigenvalue weighted by atomic mass is 32.2. The van der Waals surface area contributed by atoms with Gasteiger partial charge in [-0.15, -0.1) is 0 Å². The minimum Gasteiger partial charge on any atom is -0.328 e. The van der Waals surface area contributed by atoms with E-state index >= 15 is 0 Å². The predicted octanol–water partition coefficient (Wildman–Crippen LogP) is 8.07. The molecule has 3 aromatic carbocycles. The Morgan fingerprint density at radius 1 is 0.868 bits per heavy atom. The first-order valence-electron chi connectivity index (χ1n) is 13.5. The van der Waals surface area contributed by atoms with Crippen LogP contribution in [0, 0.1) is 0 Å². The SMILES string of the molecule is CCCCc1ccc(N=C2SC(=Cc3nc4ccccc4n3C)C(=O)N2c2ccc(CCCC)cc2)cc1. The highest BCUT2D eigenvalue weighted by Gasteiger charge is 2.35. The number of unbranched alkanes of at least 4 members (excludes halogenated alkanes) is 2. The van der Waals surface area contributed by atoms with Gasteiger partial charge in [0.2, 0.25) is 0 Å². The van der Waals surface area contributed by atoms with Crippen LogP contribution in [-0.4, -0.2) is 20.6 Å². The molecule has 4 aromatic rings. The highest BCUT2D eigenvalue weighted by molar-refractivity contribution is 8.19. The monoisotopic (exact) mass is 522 g/mol. The Kier molecular flexibility index (Phi) is 8.08. The first-order chi connectivity index (χ1) is 18.6. The van der Waals surface area contributed by atoms with Gasteiger partial charge in [0, 0.05) is 13.1 Å². The molecule has 1 aliphatic rings. The summed E-state index contributed by atoms with van der Waals surface area (Å²) in [6.07, 6.45) is 8.67. The van der Waals surface area contributed by atoms with Crippen LogP contribution >= 0.6 is 11.8 Å². The third-order valence-electron chi connectivity index (χ3n) is 6.88. The average Bonchev–Trinajstić information content (AvgIpc) is 3.42. The molecule has 0 atom stereocenters. The van der Waals surface area contributed by atoms with Gasteiger partial charge >= 0.3 is 0 Å². The fourth-order valence-corrected chi connectivity index (χ4v) is 5.58. The number of carbonyl (C=O) groups excluding carboxylic acids is 1. The van der Waals surface area contributed by atoms with Crippen molar-refractivity contribution in [1.29, 1.82) is 0 Å². The van der Waals surface area contributed by atoms with Crippen molar-refractivity contribution in [1.82, 2.24) is 9.55 Å². The lowest BCUT2D eigenvalue weighted by atomic mass is 10.1. The molecule has 1 aromatic heterocycles. The van der Waals surface area contributed by atoms with Gasteiger partial charge in [-0.25, -0.2) is 9.98 Å². The average molecular weight is 523 g/mol. The molecule has 0 radical (unpaired) electrons. The minimum absolute atomic E-state index is 0.0818. The Morgan fingerprint density at radius 3 is 2.13 bits per heavy atom. The molecule has 1 fully saturated rings. The zero-order valence-corrected chi connectivity index (χ0v) is 23.2. The van der Waals surface area contributed by atoms with E-state index in [0.717, 1.165) is 53.9 Å². The van der Waals surface area contributed by atoms with Crippen molar-refractivity contribution >= 4 is 51.3 Å². The van der Waals surface area contributed by atoms with Crippen LogP contribution in [0.4, 0.5) is 11.4 Å². The maximum Gasteiger partial charge on any atom is 0.271 e. The van der Waals surface area contributed by atoms with Gasteiger partial charge < -0.3 is 4.57 Å². The molecule has 0 aliphatic carbocycles. The maximum absolute atomic E-state index is 13.8. The van der Waals surface area contributed by atoms with Crippen molar-refractivity contribution in [3.05, 3.63) is 94.7 Å². The van der Waals surface area contributed by atoms with Crippen LogP contribution in [0.3, 0.4) is 0 Å². The smallest absolute Gasteiger partial charge is 0.271 e.